The first-order valence-corrected chi connectivity index (χ1v) is 9.78. The minimum absolute atomic E-state index is 0.0214. The van der Waals surface area contributed by atoms with E-state index < -0.39 is 35.6 Å². The number of fused-ring (bicyclic) bond motifs is 1. The van der Waals surface area contributed by atoms with Crippen molar-refractivity contribution >= 4 is 35.3 Å². The number of aliphatic carboxylic acids is 1. The lowest BCUT2D eigenvalue weighted by Gasteiger charge is -2.27. The van der Waals surface area contributed by atoms with E-state index in [1.807, 2.05) is 0 Å². The average molecular weight is 416 g/mol. The maximum absolute atomic E-state index is 13.0. The number of carboxylic acid groups (broad SMARTS) is 1. The van der Waals surface area contributed by atoms with Crippen LogP contribution in [0, 0.1) is 0 Å². The van der Waals surface area contributed by atoms with E-state index in [2.05, 4.69) is 10.6 Å². The Hall–Kier alpha value is -3.27. The number of unbranched alkanes of at least 4 members (excludes halogenated alkanes) is 1. The van der Waals surface area contributed by atoms with Crippen molar-refractivity contribution in [2.75, 3.05) is 32.0 Å². The topological polar surface area (TPSA) is 136 Å². The second-order valence-corrected chi connectivity index (χ2v) is 7.44. The van der Waals surface area contributed by atoms with Crippen molar-refractivity contribution < 1.29 is 29.1 Å². The van der Waals surface area contributed by atoms with Gasteiger partial charge in [-0.2, -0.15) is 0 Å². The Morgan fingerprint density at radius 2 is 2.00 bits per heavy atom. The number of benzene rings is 1. The third-order valence-corrected chi connectivity index (χ3v) is 5.16. The Morgan fingerprint density at radius 1 is 1.23 bits per heavy atom. The molecule has 3 rings (SSSR count). The summed E-state index contributed by atoms with van der Waals surface area (Å²) in [5.74, 6) is -3.01. The van der Waals surface area contributed by atoms with E-state index in [0.29, 0.717) is 18.8 Å². The molecule has 160 valence electrons. The van der Waals surface area contributed by atoms with E-state index in [0.717, 1.165) is 17.7 Å². The van der Waals surface area contributed by atoms with Crippen LogP contribution in [0.1, 0.15) is 46.4 Å². The minimum Gasteiger partial charge on any atom is -0.480 e. The highest BCUT2D eigenvalue weighted by molar-refractivity contribution is 6.25. The first-order chi connectivity index (χ1) is 14.3. The van der Waals surface area contributed by atoms with Gasteiger partial charge in [-0.25, -0.2) is 0 Å². The number of hydrogen-bond donors (Lipinski definition) is 3. The van der Waals surface area contributed by atoms with Gasteiger partial charge in [0.15, 0.2) is 0 Å². The number of likely N-dealkylation sites (N-methyl/N-ethyl adjacent to an activating group) is 1. The van der Waals surface area contributed by atoms with Gasteiger partial charge in [0, 0.05) is 18.7 Å². The van der Waals surface area contributed by atoms with Crippen molar-refractivity contribution in [3.8, 4) is 0 Å². The molecule has 0 radical (unpaired) electrons. The van der Waals surface area contributed by atoms with Crippen LogP contribution in [0.3, 0.4) is 0 Å². The number of imide groups is 2. The summed E-state index contributed by atoms with van der Waals surface area (Å²) in [5.41, 5.74) is 0.977. The van der Waals surface area contributed by atoms with Crippen LogP contribution >= 0.6 is 0 Å². The molecular formula is C20H24N4O6. The summed E-state index contributed by atoms with van der Waals surface area (Å²) in [5, 5.41) is 14.1. The molecule has 3 N–H and O–H groups in total. The fourth-order valence-electron chi connectivity index (χ4n) is 3.70. The van der Waals surface area contributed by atoms with Crippen LogP contribution in [0.25, 0.3) is 0 Å². The summed E-state index contributed by atoms with van der Waals surface area (Å²) in [6, 6.07) is 3.93. The monoisotopic (exact) mass is 416 g/mol. The standard InChI is InChI=1S/C20H24N4O6/c1-23(11-16(26)27)10-3-2-9-21-13-6-4-5-12-17(13)20(30)24(19(12)29)14-7-8-15(25)22-18(14)28/h4-6,14,21H,2-3,7-11H2,1H3,(H,26,27)(H,22,25,28). The highest BCUT2D eigenvalue weighted by atomic mass is 16.4. The molecule has 1 fully saturated rings. The molecule has 0 aliphatic carbocycles. The fraction of sp³-hybridized carbons (Fsp3) is 0.450. The number of rotatable bonds is 9. The second-order valence-electron chi connectivity index (χ2n) is 7.44. The van der Waals surface area contributed by atoms with Crippen molar-refractivity contribution in [3.05, 3.63) is 29.3 Å². The summed E-state index contributed by atoms with van der Waals surface area (Å²) in [7, 11) is 1.74. The van der Waals surface area contributed by atoms with Crippen molar-refractivity contribution in [1.82, 2.24) is 15.1 Å². The molecule has 2 heterocycles. The van der Waals surface area contributed by atoms with E-state index in [1.165, 1.54) is 0 Å². The molecule has 4 amide bonds. The van der Waals surface area contributed by atoms with E-state index in [-0.39, 0.29) is 30.5 Å². The van der Waals surface area contributed by atoms with Crippen LogP contribution in [-0.2, 0) is 14.4 Å². The predicted molar refractivity (Wildman–Crippen MR) is 106 cm³/mol. The van der Waals surface area contributed by atoms with Crippen LogP contribution in [0.4, 0.5) is 5.69 Å². The SMILES string of the molecule is CN(CCCCNc1cccc2c1C(=O)N(C1CCC(=O)NC1=O)C2=O)CC(=O)O. The van der Waals surface area contributed by atoms with Crippen molar-refractivity contribution in [2.24, 2.45) is 0 Å². The first-order valence-electron chi connectivity index (χ1n) is 9.78. The summed E-state index contributed by atoms with van der Waals surface area (Å²) in [4.78, 5) is 62.6. The molecule has 0 spiro atoms. The molecule has 0 aromatic heterocycles. The molecule has 30 heavy (non-hydrogen) atoms. The highest BCUT2D eigenvalue weighted by Gasteiger charge is 2.45. The Balaban J connectivity index is 1.63. The van der Waals surface area contributed by atoms with Gasteiger partial charge in [-0.1, -0.05) is 6.07 Å². The third-order valence-electron chi connectivity index (χ3n) is 5.16. The number of piperidine rings is 1. The van der Waals surface area contributed by atoms with Crippen LogP contribution in [0.15, 0.2) is 18.2 Å². The lowest BCUT2D eigenvalue weighted by Crippen LogP contribution is -2.54. The van der Waals surface area contributed by atoms with Crippen molar-refractivity contribution in [2.45, 2.75) is 31.7 Å². The molecule has 1 unspecified atom stereocenters. The fourth-order valence-corrected chi connectivity index (χ4v) is 3.70. The average Bonchev–Trinajstić information content (AvgIpc) is 2.93. The van der Waals surface area contributed by atoms with Crippen LogP contribution in [0.5, 0.6) is 0 Å². The summed E-state index contributed by atoms with van der Waals surface area (Å²) >= 11 is 0. The van der Waals surface area contributed by atoms with E-state index >= 15 is 0 Å². The molecular weight excluding hydrogens is 392 g/mol. The van der Waals surface area contributed by atoms with Gasteiger partial charge in [-0.3, -0.25) is 39.1 Å². The van der Waals surface area contributed by atoms with E-state index in [1.54, 1.807) is 30.1 Å². The minimum atomic E-state index is -0.993. The number of carboxylic acids is 1. The highest BCUT2D eigenvalue weighted by Crippen LogP contribution is 2.32. The molecule has 1 saturated heterocycles. The van der Waals surface area contributed by atoms with Gasteiger partial charge in [0.1, 0.15) is 6.04 Å². The zero-order valence-corrected chi connectivity index (χ0v) is 16.6. The van der Waals surface area contributed by atoms with Gasteiger partial charge in [-0.15, -0.1) is 0 Å². The van der Waals surface area contributed by atoms with Gasteiger partial charge in [-0.05, 0) is 45.0 Å². The molecule has 0 bridgehead atoms. The number of anilines is 1. The van der Waals surface area contributed by atoms with Crippen molar-refractivity contribution in [1.29, 1.82) is 0 Å². The maximum atomic E-state index is 13.0. The summed E-state index contributed by atoms with van der Waals surface area (Å²) in [6.07, 6.45) is 1.70. The number of carbonyl (C=O) groups excluding carboxylic acids is 4. The molecule has 1 aromatic rings. The van der Waals surface area contributed by atoms with Crippen molar-refractivity contribution in [3.63, 3.8) is 0 Å². The van der Waals surface area contributed by atoms with E-state index in [4.69, 9.17) is 5.11 Å². The second kappa shape index (κ2) is 9.04. The first kappa shape index (κ1) is 21.4. The number of nitrogens with zero attached hydrogens (tertiary/aromatic N) is 2. The number of hydrogen-bond acceptors (Lipinski definition) is 7. The number of nitrogens with one attached hydrogen (secondary N) is 2. The van der Waals surface area contributed by atoms with Gasteiger partial charge in [0.05, 0.1) is 17.7 Å². The van der Waals surface area contributed by atoms with Gasteiger partial charge in [0.25, 0.3) is 11.8 Å². The van der Waals surface area contributed by atoms with E-state index in [9.17, 15) is 24.0 Å². The van der Waals surface area contributed by atoms with Gasteiger partial charge < -0.3 is 10.4 Å². The molecule has 10 heteroatoms. The third kappa shape index (κ3) is 4.48. The van der Waals surface area contributed by atoms with Crippen LogP contribution in [-0.4, -0.2) is 77.2 Å². The van der Waals surface area contributed by atoms with Gasteiger partial charge >= 0.3 is 5.97 Å². The normalized spacial score (nSPS) is 18.6. The molecule has 2 aliphatic heterocycles. The predicted octanol–water partition coefficient (Wildman–Crippen LogP) is 0.296. The lowest BCUT2D eigenvalue weighted by atomic mass is 10.0. The van der Waals surface area contributed by atoms with Crippen LogP contribution in [0.2, 0.25) is 0 Å². The largest absolute Gasteiger partial charge is 0.480 e. The number of amides is 4. The smallest absolute Gasteiger partial charge is 0.317 e. The molecule has 1 atom stereocenters. The Labute approximate surface area is 173 Å². The quantitative estimate of drug-likeness (QED) is 0.386. The summed E-state index contributed by atoms with van der Waals surface area (Å²) < 4.78 is 0. The van der Waals surface area contributed by atoms with Gasteiger partial charge in [0.2, 0.25) is 11.8 Å². The molecule has 1 aromatic carbocycles. The number of carbonyl (C=O) groups is 5. The maximum Gasteiger partial charge on any atom is 0.317 e. The summed E-state index contributed by atoms with van der Waals surface area (Å²) in [6.45, 7) is 1.14. The van der Waals surface area contributed by atoms with Crippen LogP contribution < -0.4 is 10.6 Å². The molecule has 0 saturated carbocycles. The molecule has 2 aliphatic rings. The zero-order chi connectivity index (χ0) is 21.8. The Morgan fingerprint density at radius 3 is 2.70 bits per heavy atom. The Kier molecular flexibility index (Phi) is 6.46. The molecule has 10 nitrogen and oxygen atoms in total. The Bertz CT molecular complexity index is 899. The lowest BCUT2D eigenvalue weighted by molar-refractivity contribution is -0.138. The zero-order valence-electron chi connectivity index (χ0n) is 16.6.